The number of nitrogens with one attached hydrogen (secondary N) is 1. The third kappa shape index (κ3) is 4.45. The third-order valence-corrected chi connectivity index (χ3v) is 4.30. The molecule has 0 saturated carbocycles. The molecule has 0 aliphatic carbocycles. The topological polar surface area (TPSA) is 130 Å². The molecule has 128 valence electrons. The Kier molecular flexibility index (Phi) is 5.04. The molecule has 1 rings (SSSR count). The van der Waals surface area contributed by atoms with Gasteiger partial charge < -0.3 is 10.4 Å². The van der Waals surface area contributed by atoms with E-state index in [4.69, 9.17) is 5.11 Å². The fourth-order valence-corrected chi connectivity index (χ4v) is 2.45. The van der Waals surface area contributed by atoms with Crippen LogP contribution in [0.1, 0.15) is 0 Å². The second-order valence-corrected chi connectivity index (χ2v) is 6.13. The molecule has 1 amide bonds. The highest BCUT2D eigenvalue weighted by atomic mass is 32.2. The Morgan fingerprint density at radius 1 is 1.43 bits per heavy atom. The van der Waals surface area contributed by atoms with Crippen LogP contribution >= 0.6 is 0 Å². The van der Waals surface area contributed by atoms with E-state index in [-0.39, 0.29) is 4.31 Å². The van der Waals surface area contributed by atoms with Gasteiger partial charge in [-0.25, -0.2) is 17.5 Å². The summed E-state index contributed by atoms with van der Waals surface area (Å²) >= 11 is 0. The van der Waals surface area contributed by atoms with Gasteiger partial charge in [0.25, 0.3) is 15.7 Å². The van der Waals surface area contributed by atoms with Crippen LogP contribution in [0.15, 0.2) is 23.1 Å². The number of amides is 1. The lowest BCUT2D eigenvalue weighted by Gasteiger charge is -2.15. The van der Waals surface area contributed by atoms with E-state index in [1.165, 1.54) is 0 Å². The Morgan fingerprint density at radius 2 is 2.00 bits per heavy atom. The van der Waals surface area contributed by atoms with E-state index < -0.39 is 50.0 Å². The lowest BCUT2D eigenvalue weighted by molar-refractivity contribution is -0.384. The average Bonchev–Trinajstić information content (AvgIpc) is 2.42. The van der Waals surface area contributed by atoms with Crippen molar-refractivity contribution in [2.75, 3.05) is 18.9 Å². The Bertz CT molecular complexity index is 734. The molecular formula is C10H10F3N3O6S. The van der Waals surface area contributed by atoms with Gasteiger partial charge >= 0.3 is 12.3 Å². The van der Waals surface area contributed by atoms with Gasteiger partial charge in [-0.15, -0.1) is 0 Å². The molecule has 0 bridgehead atoms. The molecule has 0 aliphatic rings. The van der Waals surface area contributed by atoms with Crippen molar-refractivity contribution >= 4 is 27.5 Å². The number of nitrogens with zero attached hydrogens (tertiary/aromatic N) is 2. The van der Waals surface area contributed by atoms with Gasteiger partial charge in [-0.2, -0.15) is 13.2 Å². The van der Waals surface area contributed by atoms with Gasteiger partial charge in [0.15, 0.2) is 0 Å². The standard InChI is InChI=1S/C10H10F3N3O6S/c1-15(9(17)18)23(21,22)6-2-3-7(8(4-6)16(19)20)14-5-10(11,12)13/h2-4,14H,5H2,1H3,(H,17,18). The Hall–Kier alpha value is -2.57. The summed E-state index contributed by atoms with van der Waals surface area (Å²) in [6.45, 7) is -1.56. The zero-order valence-electron chi connectivity index (χ0n) is 11.4. The number of carboxylic acid groups (broad SMARTS) is 1. The summed E-state index contributed by atoms with van der Waals surface area (Å²) in [4.78, 5) is 19.8. The monoisotopic (exact) mass is 357 g/mol. The number of sulfonamides is 1. The molecule has 1 aromatic rings. The van der Waals surface area contributed by atoms with Gasteiger partial charge in [0, 0.05) is 13.1 Å². The van der Waals surface area contributed by atoms with Crippen molar-refractivity contribution in [2.24, 2.45) is 0 Å². The second-order valence-electron chi connectivity index (χ2n) is 4.16. The number of hydrogen-bond acceptors (Lipinski definition) is 6. The Morgan fingerprint density at radius 3 is 2.43 bits per heavy atom. The van der Waals surface area contributed by atoms with Gasteiger partial charge in [-0.1, -0.05) is 0 Å². The predicted molar refractivity (Wildman–Crippen MR) is 70.6 cm³/mol. The fourth-order valence-electron chi connectivity index (χ4n) is 1.43. The molecule has 0 unspecified atom stereocenters. The number of anilines is 1. The summed E-state index contributed by atoms with van der Waals surface area (Å²) < 4.78 is 60.1. The quantitative estimate of drug-likeness (QED) is 0.607. The Labute approximate surface area is 127 Å². The molecule has 0 radical (unpaired) electrons. The van der Waals surface area contributed by atoms with Crippen molar-refractivity contribution in [2.45, 2.75) is 11.1 Å². The number of hydrogen-bond donors (Lipinski definition) is 2. The molecule has 13 heteroatoms. The van der Waals surface area contributed by atoms with E-state index in [2.05, 4.69) is 0 Å². The van der Waals surface area contributed by atoms with Crippen LogP contribution in [0.4, 0.5) is 29.3 Å². The molecule has 0 fully saturated rings. The van der Waals surface area contributed by atoms with E-state index in [9.17, 15) is 36.5 Å². The van der Waals surface area contributed by atoms with Crippen LogP contribution in [0.25, 0.3) is 0 Å². The molecule has 0 aromatic heterocycles. The number of benzene rings is 1. The Balaban J connectivity index is 3.29. The van der Waals surface area contributed by atoms with E-state index in [1.54, 1.807) is 5.32 Å². The van der Waals surface area contributed by atoms with Crippen LogP contribution in [0.5, 0.6) is 0 Å². The maximum atomic E-state index is 12.1. The highest BCUT2D eigenvalue weighted by Gasteiger charge is 2.30. The summed E-state index contributed by atoms with van der Waals surface area (Å²) in [6, 6.07) is 2.00. The maximum Gasteiger partial charge on any atom is 0.421 e. The first-order valence-corrected chi connectivity index (χ1v) is 7.11. The maximum absolute atomic E-state index is 12.1. The van der Waals surface area contributed by atoms with Crippen molar-refractivity contribution in [1.29, 1.82) is 0 Å². The summed E-state index contributed by atoms with van der Waals surface area (Å²) in [5.41, 5.74) is -1.49. The summed E-state index contributed by atoms with van der Waals surface area (Å²) in [6.07, 6.45) is -6.46. The van der Waals surface area contributed by atoms with Crippen molar-refractivity contribution in [1.82, 2.24) is 4.31 Å². The van der Waals surface area contributed by atoms with Gasteiger partial charge in [0.2, 0.25) is 0 Å². The lowest BCUT2D eigenvalue weighted by atomic mass is 10.2. The van der Waals surface area contributed by atoms with Crippen LogP contribution in [0.2, 0.25) is 0 Å². The van der Waals surface area contributed by atoms with E-state index in [1.807, 2.05) is 0 Å². The second kappa shape index (κ2) is 6.28. The number of rotatable bonds is 5. The molecule has 23 heavy (non-hydrogen) atoms. The number of alkyl halides is 3. The largest absolute Gasteiger partial charge is 0.464 e. The summed E-state index contributed by atoms with van der Waals surface area (Å²) in [5, 5.41) is 21.3. The molecule has 9 nitrogen and oxygen atoms in total. The lowest BCUT2D eigenvalue weighted by Crippen LogP contribution is -2.31. The number of nitro benzene ring substituents is 1. The molecular weight excluding hydrogens is 347 g/mol. The molecule has 0 spiro atoms. The van der Waals surface area contributed by atoms with Gasteiger partial charge in [0.1, 0.15) is 12.2 Å². The van der Waals surface area contributed by atoms with Crippen molar-refractivity contribution in [3.63, 3.8) is 0 Å². The van der Waals surface area contributed by atoms with E-state index >= 15 is 0 Å². The predicted octanol–water partition coefficient (Wildman–Crippen LogP) is 1.87. The van der Waals surface area contributed by atoms with Gasteiger partial charge in [-0.3, -0.25) is 10.1 Å². The summed E-state index contributed by atoms with van der Waals surface area (Å²) in [5.74, 6) is 0. The minimum atomic E-state index is -4.64. The van der Waals surface area contributed by atoms with Crippen LogP contribution in [-0.2, 0) is 10.0 Å². The molecule has 0 heterocycles. The van der Waals surface area contributed by atoms with E-state index in [0.29, 0.717) is 13.1 Å². The zero-order chi connectivity index (χ0) is 18.0. The van der Waals surface area contributed by atoms with Crippen molar-refractivity contribution in [3.05, 3.63) is 28.3 Å². The average molecular weight is 357 g/mol. The van der Waals surface area contributed by atoms with Crippen LogP contribution in [-0.4, -0.2) is 48.6 Å². The first kappa shape index (κ1) is 18.5. The van der Waals surface area contributed by atoms with Gasteiger partial charge in [-0.05, 0) is 12.1 Å². The molecule has 1 aromatic carbocycles. The minimum Gasteiger partial charge on any atom is -0.464 e. The zero-order valence-corrected chi connectivity index (χ0v) is 12.2. The number of halogens is 3. The van der Waals surface area contributed by atoms with Crippen LogP contribution < -0.4 is 5.32 Å². The highest BCUT2D eigenvalue weighted by molar-refractivity contribution is 7.89. The molecule has 0 atom stereocenters. The van der Waals surface area contributed by atoms with E-state index in [0.717, 1.165) is 12.1 Å². The third-order valence-electron chi connectivity index (χ3n) is 2.57. The van der Waals surface area contributed by atoms with Crippen LogP contribution in [0.3, 0.4) is 0 Å². The van der Waals surface area contributed by atoms with Crippen LogP contribution in [0, 0.1) is 10.1 Å². The first-order valence-electron chi connectivity index (χ1n) is 5.67. The SMILES string of the molecule is CN(C(=O)O)S(=O)(=O)c1ccc(NCC(F)(F)F)c([N+](=O)[O-])c1. The molecule has 0 aliphatic heterocycles. The normalized spacial score (nSPS) is 11.8. The fraction of sp³-hybridized carbons (Fsp3) is 0.300. The molecule has 2 N–H and O–H groups in total. The minimum absolute atomic E-state index is 0.0745. The van der Waals surface area contributed by atoms with Crippen molar-refractivity contribution in [3.8, 4) is 0 Å². The van der Waals surface area contributed by atoms with Crippen molar-refractivity contribution < 1.29 is 36.4 Å². The highest BCUT2D eigenvalue weighted by Crippen LogP contribution is 2.29. The number of nitro groups is 1. The van der Waals surface area contributed by atoms with Gasteiger partial charge in [0.05, 0.1) is 9.82 Å². The summed E-state index contributed by atoms with van der Waals surface area (Å²) in [7, 11) is -3.87. The first-order chi connectivity index (χ1) is 10.4. The smallest absolute Gasteiger partial charge is 0.421 e. The number of carbonyl (C=O) groups is 1. The molecule has 0 saturated heterocycles.